The lowest BCUT2D eigenvalue weighted by Gasteiger charge is -2.23. The average molecular weight is 281 g/mol. The first-order chi connectivity index (χ1) is 8.11. The Morgan fingerprint density at radius 3 is 2.83 bits per heavy atom. The molecule has 1 rings (SSSR count). The summed E-state index contributed by atoms with van der Waals surface area (Å²) in [7, 11) is 1.33. The van der Waals surface area contributed by atoms with Crippen molar-refractivity contribution < 1.29 is 19.1 Å². The van der Waals surface area contributed by atoms with Crippen molar-refractivity contribution in [1.29, 1.82) is 0 Å². The molecule has 1 fully saturated rings. The molecule has 2 unspecified atom stereocenters. The largest absolute Gasteiger partial charge is 0.469 e. The van der Waals surface area contributed by atoms with Crippen molar-refractivity contribution in [3.05, 3.63) is 0 Å². The molecular weight excluding hydrogens is 260 g/mol. The van der Waals surface area contributed by atoms with Crippen LogP contribution in [0.25, 0.3) is 0 Å². The lowest BCUT2D eigenvalue weighted by Crippen LogP contribution is -2.43. The third-order valence-corrected chi connectivity index (χ3v) is 2.53. The molecule has 0 aromatic heterocycles. The zero-order valence-electron chi connectivity index (χ0n) is 10.7. The van der Waals surface area contributed by atoms with Crippen molar-refractivity contribution in [3.8, 4) is 0 Å². The number of carbonyl (C=O) groups is 2. The maximum absolute atomic E-state index is 11.6. The van der Waals surface area contributed by atoms with Crippen molar-refractivity contribution >= 4 is 24.3 Å². The normalized spacial score (nSPS) is 20.4. The molecule has 7 heteroatoms. The molecule has 0 aromatic carbocycles. The highest BCUT2D eigenvalue weighted by molar-refractivity contribution is 5.85. The van der Waals surface area contributed by atoms with E-state index >= 15 is 0 Å². The standard InChI is InChI=1S/C11H20N2O4.ClH/c1-8(5-11(15)16-2)13-10(14)6-9-7-12-3-4-17-9;/h8-9,12H,3-7H2,1-2H3,(H,13,14);1H. The number of halogens is 1. The minimum absolute atomic E-state index is 0. The molecule has 18 heavy (non-hydrogen) atoms. The first-order valence-electron chi connectivity index (χ1n) is 5.80. The Balaban J connectivity index is 0.00000289. The summed E-state index contributed by atoms with van der Waals surface area (Å²) in [6.45, 7) is 3.93. The van der Waals surface area contributed by atoms with E-state index in [0.29, 0.717) is 19.6 Å². The Morgan fingerprint density at radius 2 is 2.28 bits per heavy atom. The van der Waals surface area contributed by atoms with Crippen molar-refractivity contribution in [2.45, 2.75) is 31.9 Å². The Bertz CT molecular complexity index is 270. The fourth-order valence-corrected chi connectivity index (χ4v) is 1.68. The number of amides is 1. The molecular formula is C11H21ClN2O4. The van der Waals surface area contributed by atoms with Gasteiger partial charge in [0.05, 0.1) is 32.7 Å². The summed E-state index contributed by atoms with van der Waals surface area (Å²) in [5.74, 6) is -0.427. The number of hydrogen-bond acceptors (Lipinski definition) is 5. The summed E-state index contributed by atoms with van der Waals surface area (Å²) in [5.41, 5.74) is 0. The smallest absolute Gasteiger partial charge is 0.307 e. The van der Waals surface area contributed by atoms with Crippen LogP contribution in [0, 0.1) is 0 Å². The van der Waals surface area contributed by atoms with Crippen LogP contribution >= 0.6 is 12.4 Å². The van der Waals surface area contributed by atoms with Crippen LogP contribution in [0.15, 0.2) is 0 Å². The number of methoxy groups -OCH3 is 1. The maximum Gasteiger partial charge on any atom is 0.307 e. The Morgan fingerprint density at radius 1 is 1.56 bits per heavy atom. The monoisotopic (exact) mass is 280 g/mol. The quantitative estimate of drug-likeness (QED) is 0.685. The van der Waals surface area contributed by atoms with Crippen LogP contribution in [0.3, 0.4) is 0 Å². The van der Waals surface area contributed by atoms with E-state index < -0.39 is 0 Å². The SMILES string of the molecule is COC(=O)CC(C)NC(=O)CC1CNCCO1.Cl. The van der Waals surface area contributed by atoms with Gasteiger partial charge in [0.15, 0.2) is 0 Å². The van der Waals surface area contributed by atoms with Gasteiger partial charge in [0.2, 0.25) is 5.91 Å². The molecule has 1 amide bonds. The van der Waals surface area contributed by atoms with Gasteiger partial charge in [-0.2, -0.15) is 0 Å². The van der Waals surface area contributed by atoms with Gasteiger partial charge in [0.25, 0.3) is 0 Å². The highest BCUT2D eigenvalue weighted by Crippen LogP contribution is 2.02. The molecule has 1 aliphatic heterocycles. The van der Waals surface area contributed by atoms with Crippen molar-refractivity contribution in [1.82, 2.24) is 10.6 Å². The van der Waals surface area contributed by atoms with Gasteiger partial charge in [-0.1, -0.05) is 0 Å². The van der Waals surface area contributed by atoms with Crippen LogP contribution in [0.4, 0.5) is 0 Å². The summed E-state index contributed by atoms with van der Waals surface area (Å²) < 4.78 is 9.94. The first kappa shape index (κ1) is 17.2. The lowest BCUT2D eigenvalue weighted by atomic mass is 10.2. The maximum atomic E-state index is 11.6. The van der Waals surface area contributed by atoms with Gasteiger partial charge in [-0.25, -0.2) is 0 Å². The molecule has 1 saturated heterocycles. The number of rotatable bonds is 5. The van der Waals surface area contributed by atoms with Crippen LogP contribution in [-0.4, -0.2) is 50.8 Å². The van der Waals surface area contributed by atoms with Gasteiger partial charge in [-0.05, 0) is 6.92 Å². The molecule has 2 atom stereocenters. The minimum Gasteiger partial charge on any atom is -0.469 e. The third-order valence-electron chi connectivity index (χ3n) is 2.53. The predicted octanol–water partition coefficient (Wildman–Crippen LogP) is -0.145. The van der Waals surface area contributed by atoms with Gasteiger partial charge in [0, 0.05) is 19.1 Å². The van der Waals surface area contributed by atoms with Crippen LogP contribution in [0.2, 0.25) is 0 Å². The highest BCUT2D eigenvalue weighted by atomic mass is 35.5. The van der Waals surface area contributed by atoms with Gasteiger partial charge in [0.1, 0.15) is 0 Å². The van der Waals surface area contributed by atoms with Gasteiger partial charge in [-0.3, -0.25) is 9.59 Å². The Kier molecular flexibility index (Phi) is 8.70. The van der Waals surface area contributed by atoms with E-state index in [0.717, 1.165) is 6.54 Å². The van der Waals surface area contributed by atoms with E-state index in [1.165, 1.54) is 7.11 Å². The number of nitrogens with one attached hydrogen (secondary N) is 2. The fourth-order valence-electron chi connectivity index (χ4n) is 1.68. The predicted molar refractivity (Wildman–Crippen MR) is 68.7 cm³/mol. The molecule has 0 aliphatic carbocycles. The minimum atomic E-state index is -0.326. The van der Waals surface area contributed by atoms with Crippen LogP contribution in [0.5, 0.6) is 0 Å². The van der Waals surface area contributed by atoms with Crippen LogP contribution in [-0.2, 0) is 19.1 Å². The van der Waals surface area contributed by atoms with E-state index in [1.54, 1.807) is 6.92 Å². The molecule has 106 valence electrons. The van der Waals surface area contributed by atoms with E-state index in [2.05, 4.69) is 15.4 Å². The van der Waals surface area contributed by atoms with Crippen molar-refractivity contribution in [3.63, 3.8) is 0 Å². The molecule has 2 N–H and O–H groups in total. The first-order valence-corrected chi connectivity index (χ1v) is 5.80. The molecule has 0 aromatic rings. The Hall–Kier alpha value is -0.850. The van der Waals surface area contributed by atoms with Gasteiger partial charge in [-0.15, -0.1) is 12.4 Å². The van der Waals surface area contributed by atoms with Gasteiger partial charge >= 0.3 is 5.97 Å². The van der Waals surface area contributed by atoms with Crippen molar-refractivity contribution in [2.24, 2.45) is 0 Å². The third kappa shape index (κ3) is 6.78. The van der Waals surface area contributed by atoms with E-state index in [1.807, 2.05) is 0 Å². The Labute approximate surface area is 113 Å². The molecule has 0 bridgehead atoms. The lowest BCUT2D eigenvalue weighted by molar-refractivity contribution is -0.141. The molecule has 6 nitrogen and oxygen atoms in total. The summed E-state index contributed by atoms with van der Waals surface area (Å²) in [4.78, 5) is 22.6. The molecule has 1 heterocycles. The zero-order valence-corrected chi connectivity index (χ0v) is 11.5. The summed E-state index contributed by atoms with van der Waals surface area (Å²) >= 11 is 0. The summed E-state index contributed by atoms with van der Waals surface area (Å²) in [5, 5.41) is 5.90. The second kappa shape index (κ2) is 9.13. The number of esters is 1. The number of ether oxygens (including phenoxy) is 2. The number of carbonyl (C=O) groups excluding carboxylic acids is 2. The number of morpholine rings is 1. The zero-order chi connectivity index (χ0) is 12.7. The van der Waals surface area contributed by atoms with E-state index in [4.69, 9.17) is 4.74 Å². The second-order valence-corrected chi connectivity index (χ2v) is 4.15. The van der Waals surface area contributed by atoms with E-state index in [-0.39, 0.29) is 42.9 Å². The summed E-state index contributed by atoms with van der Waals surface area (Å²) in [6.07, 6.45) is 0.430. The molecule has 1 aliphatic rings. The summed E-state index contributed by atoms with van der Waals surface area (Å²) in [6, 6.07) is -0.216. The average Bonchev–Trinajstić information content (AvgIpc) is 2.29. The molecule has 0 radical (unpaired) electrons. The van der Waals surface area contributed by atoms with Crippen LogP contribution < -0.4 is 10.6 Å². The molecule has 0 saturated carbocycles. The number of hydrogen-bond donors (Lipinski definition) is 2. The topological polar surface area (TPSA) is 76.7 Å². The van der Waals surface area contributed by atoms with Crippen molar-refractivity contribution in [2.75, 3.05) is 26.8 Å². The van der Waals surface area contributed by atoms with Crippen LogP contribution in [0.1, 0.15) is 19.8 Å². The van der Waals surface area contributed by atoms with E-state index in [9.17, 15) is 9.59 Å². The highest BCUT2D eigenvalue weighted by Gasteiger charge is 2.19. The molecule has 0 spiro atoms. The van der Waals surface area contributed by atoms with Gasteiger partial charge < -0.3 is 20.1 Å². The second-order valence-electron chi connectivity index (χ2n) is 4.15. The fraction of sp³-hybridized carbons (Fsp3) is 0.818.